The van der Waals surface area contributed by atoms with Crippen LogP contribution in [0.5, 0.6) is 0 Å². The van der Waals surface area contributed by atoms with Crippen molar-refractivity contribution in [1.29, 1.82) is 5.26 Å². The molecule has 27 heavy (non-hydrogen) atoms. The lowest BCUT2D eigenvalue weighted by Crippen LogP contribution is -2.14. The molecule has 1 fully saturated rings. The normalized spacial score (nSPS) is 18.8. The van der Waals surface area contributed by atoms with Gasteiger partial charge in [-0.05, 0) is 43.6 Å². The van der Waals surface area contributed by atoms with Crippen LogP contribution in [0.25, 0.3) is 0 Å². The first kappa shape index (κ1) is 18.5. The van der Waals surface area contributed by atoms with Crippen molar-refractivity contribution in [2.75, 3.05) is 11.1 Å². The van der Waals surface area contributed by atoms with Gasteiger partial charge in [-0.15, -0.1) is 21.5 Å². The Hall–Kier alpha value is -1.85. The second kappa shape index (κ2) is 7.64. The molecule has 2 aliphatic rings. The van der Waals surface area contributed by atoms with Crippen LogP contribution < -0.4 is 5.32 Å². The second-order valence-electron chi connectivity index (χ2n) is 7.35. The number of carbonyl (C=O) groups excluding carboxylic acids is 1. The fourth-order valence-electron chi connectivity index (χ4n) is 3.65. The maximum Gasteiger partial charge on any atom is 0.235 e. The van der Waals surface area contributed by atoms with E-state index in [4.69, 9.17) is 0 Å². The summed E-state index contributed by atoms with van der Waals surface area (Å²) in [5.74, 6) is 2.41. The smallest absolute Gasteiger partial charge is 0.235 e. The molecule has 8 heteroatoms. The maximum absolute atomic E-state index is 12.5. The van der Waals surface area contributed by atoms with Crippen molar-refractivity contribution in [2.24, 2.45) is 13.0 Å². The minimum atomic E-state index is -0.0990. The zero-order valence-corrected chi connectivity index (χ0v) is 17.3. The van der Waals surface area contributed by atoms with Gasteiger partial charge in [-0.1, -0.05) is 25.1 Å². The fourth-order valence-corrected chi connectivity index (χ4v) is 5.70. The minimum Gasteiger partial charge on any atom is -0.316 e. The molecule has 1 N–H and O–H groups in total. The van der Waals surface area contributed by atoms with Crippen LogP contribution in [-0.4, -0.2) is 26.4 Å². The van der Waals surface area contributed by atoms with E-state index in [0.717, 1.165) is 42.2 Å². The summed E-state index contributed by atoms with van der Waals surface area (Å²) in [4.78, 5) is 13.7. The molecule has 1 saturated carbocycles. The number of anilines is 1. The Kier molecular flexibility index (Phi) is 5.24. The quantitative estimate of drug-likeness (QED) is 0.743. The molecule has 0 aromatic carbocycles. The number of rotatable bonds is 6. The van der Waals surface area contributed by atoms with E-state index >= 15 is 0 Å². The van der Waals surface area contributed by atoms with Crippen LogP contribution in [-0.2, 0) is 24.7 Å². The molecule has 0 spiro atoms. The van der Waals surface area contributed by atoms with E-state index < -0.39 is 0 Å². The van der Waals surface area contributed by atoms with Crippen LogP contribution in [0.1, 0.15) is 60.4 Å². The molecule has 2 aromatic rings. The minimum absolute atomic E-state index is 0.0990. The van der Waals surface area contributed by atoms with E-state index in [-0.39, 0.29) is 11.7 Å². The van der Waals surface area contributed by atoms with Gasteiger partial charge in [0, 0.05) is 17.8 Å². The number of thioether (sulfide) groups is 1. The molecule has 2 aromatic heterocycles. The molecule has 142 valence electrons. The summed E-state index contributed by atoms with van der Waals surface area (Å²) in [6.45, 7) is 2.22. The van der Waals surface area contributed by atoms with E-state index in [0.29, 0.717) is 22.4 Å². The number of hydrogen-bond acceptors (Lipinski definition) is 6. The Bertz CT molecular complexity index is 906. The molecule has 0 aliphatic heterocycles. The van der Waals surface area contributed by atoms with Gasteiger partial charge >= 0.3 is 0 Å². The highest BCUT2D eigenvalue weighted by atomic mass is 32.2. The summed E-state index contributed by atoms with van der Waals surface area (Å²) in [7, 11) is 1.96. The lowest BCUT2D eigenvalue weighted by molar-refractivity contribution is -0.113. The molecular formula is C19H23N5OS2. The molecule has 1 unspecified atom stereocenters. The Morgan fingerprint density at radius 2 is 2.22 bits per heavy atom. The number of nitrogens with zero attached hydrogens (tertiary/aromatic N) is 4. The predicted octanol–water partition coefficient (Wildman–Crippen LogP) is 3.87. The van der Waals surface area contributed by atoms with Crippen molar-refractivity contribution in [2.45, 2.75) is 56.5 Å². The molecule has 6 nitrogen and oxygen atoms in total. The van der Waals surface area contributed by atoms with Gasteiger partial charge in [0.15, 0.2) is 5.16 Å². The van der Waals surface area contributed by atoms with Crippen molar-refractivity contribution in [1.82, 2.24) is 14.8 Å². The SMILES string of the molecule is CCC1CCc2c(sc(NC(=O)CSc3nnc(C4CC4)n3C)c2C#N)C1. The molecule has 2 aliphatic carbocycles. The summed E-state index contributed by atoms with van der Waals surface area (Å²) in [6.07, 6.45) is 6.62. The summed E-state index contributed by atoms with van der Waals surface area (Å²) < 4.78 is 1.99. The third-order valence-electron chi connectivity index (χ3n) is 5.45. The zero-order chi connectivity index (χ0) is 19.0. The lowest BCUT2D eigenvalue weighted by atomic mass is 9.86. The number of hydrogen-bond donors (Lipinski definition) is 1. The highest BCUT2D eigenvalue weighted by molar-refractivity contribution is 7.99. The third-order valence-corrected chi connectivity index (χ3v) is 7.64. The van der Waals surface area contributed by atoms with Gasteiger partial charge in [0.2, 0.25) is 5.91 Å². The van der Waals surface area contributed by atoms with Gasteiger partial charge in [0.25, 0.3) is 0 Å². The number of nitrogens with one attached hydrogen (secondary N) is 1. The van der Waals surface area contributed by atoms with Crippen molar-refractivity contribution < 1.29 is 4.79 Å². The molecule has 1 atom stereocenters. The van der Waals surface area contributed by atoms with Crippen LogP contribution in [0.3, 0.4) is 0 Å². The number of amides is 1. The van der Waals surface area contributed by atoms with Crippen LogP contribution in [0, 0.1) is 17.2 Å². The molecule has 0 bridgehead atoms. The summed E-state index contributed by atoms with van der Waals surface area (Å²) in [6, 6.07) is 2.31. The number of fused-ring (bicyclic) bond motifs is 1. The molecule has 2 heterocycles. The fraction of sp³-hybridized carbons (Fsp3) is 0.579. The van der Waals surface area contributed by atoms with Crippen molar-refractivity contribution >= 4 is 34.0 Å². The van der Waals surface area contributed by atoms with Crippen molar-refractivity contribution in [3.8, 4) is 6.07 Å². The van der Waals surface area contributed by atoms with Gasteiger partial charge in [0.1, 0.15) is 16.9 Å². The van der Waals surface area contributed by atoms with Gasteiger partial charge in [0.05, 0.1) is 11.3 Å². The number of aromatic nitrogens is 3. The molecule has 0 saturated heterocycles. The monoisotopic (exact) mass is 401 g/mol. The van der Waals surface area contributed by atoms with Crippen LogP contribution in [0.15, 0.2) is 5.16 Å². The highest BCUT2D eigenvalue weighted by Gasteiger charge is 2.29. The van der Waals surface area contributed by atoms with Crippen molar-refractivity contribution in [3.05, 3.63) is 21.8 Å². The predicted molar refractivity (Wildman–Crippen MR) is 107 cm³/mol. The number of carbonyl (C=O) groups is 1. The number of nitriles is 1. The van der Waals surface area contributed by atoms with Gasteiger partial charge < -0.3 is 9.88 Å². The third kappa shape index (κ3) is 3.76. The Morgan fingerprint density at radius 1 is 1.41 bits per heavy atom. The summed E-state index contributed by atoms with van der Waals surface area (Å²) in [5, 5.41) is 22.5. The largest absolute Gasteiger partial charge is 0.316 e. The van der Waals surface area contributed by atoms with Crippen LogP contribution >= 0.6 is 23.1 Å². The zero-order valence-electron chi connectivity index (χ0n) is 15.6. The lowest BCUT2D eigenvalue weighted by Gasteiger charge is -2.20. The Balaban J connectivity index is 1.41. The average Bonchev–Trinajstić information content (AvgIpc) is 3.36. The molecule has 0 radical (unpaired) electrons. The standard InChI is InChI=1S/C19H23N5OS2/c1-3-11-4-7-13-14(9-20)18(27-15(13)8-11)21-16(25)10-26-19-23-22-17(24(19)2)12-5-6-12/h11-12H,3-8,10H2,1-2H3,(H,21,25). The molecular weight excluding hydrogens is 378 g/mol. The van der Waals surface area contributed by atoms with Gasteiger partial charge in [-0.3, -0.25) is 4.79 Å². The summed E-state index contributed by atoms with van der Waals surface area (Å²) in [5.41, 5.74) is 1.81. The van der Waals surface area contributed by atoms with Crippen LogP contribution in [0.4, 0.5) is 5.00 Å². The van der Waals surface area contributed by atoms with E-state index in [1.165, 1.54) is 29.5 Å². The van der Waals surface area contributed by atoms with E-state index in [9.17, 15) is 10.1 Å². The second-order valence-corrected chi connectivity index (χ2v) is 9.40. The van der Waals surface area contributed by atoms with Crippen LogP contribution in [0.2, 0.25) is 0 Å². The first-order valence-electron chi connectivity index (χ1n) is 9.47. The first-order chi connectivity index (χ1) is 13.1. The average molecular weight is 402 g/mol. The summed E-state index contributed by atoms with van der Waals surface area (Å²) >= 11 is 2.97. The van der Waals surface area contributed by atoms with Gasteiger partial charge in [-0.25, -0.2) is 0 Å². The Morgan fingerprint density at radius 3 is 2.93 bits per heavy atom. The topological polar surface area (TPSA) is 83.6 Å². The molecule has 4 rings (SSSR count). The first-order valence-corrected chi connectivity index (χ1v) is 11.3. The number of thiophene rings is 1. The van der Waals surface area contributed by atoms with E-state index in [1.54, 1.807) is 11.3 Å². The van der Waals surface area contributed by atoms with E-state index in [1.807, 2.05) is 11.6 Å². The Labute approximate surface area is 167 Å². The maximum atomic E-state index is 12.5. The van der Waals surface area contributed by atoms with E-state index in [2.05, 4.69) is 28.5 Å². The highest BCUT2D eigenvalue weighted by Crippen LogP contribution is 2.41. The molecule has 1 amide bonds. The van der Waals surface area contributed by atoms with Gasteiger partial charge in [-0.2, -0.15) is 5.26 Å². The van der Waals surface area contributed by atoms with Crippen molar-refractivity contribution in [3.63, 3.8) is 0 Å².